The van der Waals surface area contributed by atoms with Crippen molar-refractivity contribution in [3.8, 4) is 0 Å². The molecule has 19 heavy (non-hydrogen) atoms. The van der Waals surface area contributed by atoms with Crippen LogP contribution in [-0.2, 0) is 4.79 Å². The first-order valence-electron chi connectivity index (χ1n) is 5.80. The predicted molar refractivity (Wildman–Crippen MR) is 66.7 cm³/mol. The van der Waals surface area contributed by atoms with Crippen molar-refractivity contribution in [2.45, 2.75) is 6.92 Å². The fraction of sp³-hybridized carbons (Fsp3) is 0.333. The van der Waals surface area contributed by atoms with Crippen LogP contribution in [0, 0.1) is 17.0 Å². The van der Waals surface area contributed by atoms with Gasteiger partial charge in [0.2, 0.25) is 5.91 Å². The molecular formula is C12H13N3O4. The smallest absolute Gasteiger partial charge is 0.269 e. The highest BCUT2D eigenvalue weighted by Gasteiger charge is 2.24. The zero-order valence-electron chi connectivity index (χ0n) is 10.4. The molecule has 1 aliphatic heterocycles. The van der Waals surface area contributed by atoms with E-state index in [4.69, 9.17) is 0 Å². The van der Waals surface area contributed by atoms with Gasteiger partial charge in [-0.05, 0) is 18.6 Å². The number of hydrogen-bond donors (Lipinski definition) is 1. The van der Waals surface area contributed by atoms with Crippen LogP contribution in [-0.4, -0.2) is 41.3 Å². The number of non-ortho nitro benzene ring substituents is 1. The molecule has 7 heteroatoms. The van der Waals surface area contributed by atoms with E-state index in [2.05, 4.69) is 5.32 Å². The van der Waals surface area contributed by atoms with E-state index in [0.717, 1.165) is 0 Å². The Morgan fingerprint density at radius 3 is 2.79 bits per heavy atom. The Labute approximate surface area is 109 Å². The minimum atomic E-state index is -0.504. The van der Waals surface area contributed by atoms with E-state index in [1.165, 1.54) is 23.1 Å². The molecule has 0 aliphatic carbocycles. The summed E-state index contributed by atoms with van der Waals surface area (Å²) < 4.78 is 0. The first-order valence-corrected chi connectivity index (χ1v) is 5.80. The van der Waals surface area contributed by atoms with Crippen LogP contribution in [0.4, 0.5) is 5.69 Å². The van der Waals surface area contributed by atoms with E-state index in [9.17, 15) is 19.7 Å². The highest BCUT2D eigenvalue weighted by molar-refractivity contribution is 5.98. The summed E-state index contributed by atoms with van der Waals surface area (Å²) in [4.78, 5) is 35.0. The van der Waals surface area contributed by atoms with Gasteiger partial charge in [-0.25, -0.2) is 0 Å². The fourth-order valence-electron chi connectivity index (χ4n) is 1.98. The van der Waals surface area contributed by atoms with Crippen LogP contribution in [0.1, 0.15) is 15.9 Å². The summed E-state index contributed by atoms with van der Waals surface area (Å²) in [6, 6.07) is 4.09. The average molecular weight is 263 g/mol. The van der Waals surface area contributed by atoms with Gasteiger partial charge in [0.25, 0.3) is 11.6 Å². The van der Waals surface area contributed by atoms with Gasteiger partial charge < -0.3 is 10.2 Å². The Morgan fingerprint density at radius 2 is 2.21 bits per heavy atom. The van der Waals surface area contributed by atoms with Gasteiger partial charge in [0.05, 0.1) is 11.5 Å². The predicted octanol–water partition coefficient (Wildman–Crippen LogP) is 0.475. The first kappa shape index (κ1) is 13.0. The van der Waals surface area contributed by atoms with Gasteiger partial charge in [0, 0.05) is 30.8 Å². The average Bonchev–Trinajstić information content (AvgIpc) is 2.37. The summed E-state index contributed by atoms with van der Waals surface area (Å²) in [5.74, 6) is -0.471. The number of rotatable bonds is 2. The molecule has 1 aromatic rings. The van der Waals surface area contributed by atoms with E-state index in [0.29, 0.717) is 24.2 Å². The van der Waals surface area contributed by atoms with Gasteiger partial charge in [-0.2, -0.15) is 0 Å². The molecule has 2 amide bonds. The van der Waals surface area contributed by atoms with Crippen LogP contribution in [0.3, 0.4) is 0 Å². The molecule has 2 rings (SSSR count). The highest BCUT2D eigenvalue weighted by Crippen LogP contribution is 2.18. The van der Waals surface area contributed by atoms with Gasteiger partial charge in [-0.1, -0.05) is 0 Å². The molecule has 0 bridgehead atoms. The van der Waals surface area contributed by atoms with Gasteiger partial charge in [-0.3, -0.25) is 19.7 Å². The molecule has 1 aromatic carbocycles. The zero-order valence-corrected chi connectivity index (χ0v) is 10.4. The maximum atomic E-state index is 12.2. The van der Waals surface area contributed by atoms with Crippen molar-refractivity contribution in [2.24, 2.45) is 0 Å². The maximum absolute atomic E-state index is 12.2. The molecule has 1 aliphatic rings. The number of benzene rings is 1. The minimum absolute atomic E-state index is 0.0231. The Hall–Kier alpha value is -2.44. The van der Waals surface area contributed by atoms with E-state index >= 15 is 0 Å². The molecule has 0 aromatic heterocycles. The van der Waals surface area contributed by atoms with Crippen LogP contribution in [0.5, 0.6) is 0 Å². The molecular weight excluding hydrogens is 250 g/mol. The van der Waals surface area contributed by atoms with E-state index in [1.807, 2.05) is 0 Å². The third-order valence-corrected chi connectivity index (χ3v) is 2.98. The molecule has 0 radical (unpaired) electrons. The normalized spacial score (nSPS) is 15.0. The van der Waals surface area contributed by atoms with Crippen molar-refractivity contribution in [3.63, 3.8) is 0 Å². The van der Waals surface area contributed by atoms with Crippen molar-refractivity contribution in [1.82, 2.24) is 10.2 Å². The molecule has 7 nitrogen and oxygen atoms in total. The lowest BCUT2D eigenvalue weighted by atomic mass is 10.1. The van der Waals surface area contributed by atoms with Crippen molar-refractivity contribution in [3.05, 3.63) is 39.4 Å². The number of piperazine rings is 1. The van der Waals surface area contributed by atoms with E-state index < -0.39 is 4.92 Å². The number of nitrogens with one attached hydrogen (secondary N) is 1. The Morgan fingerprint density at radius 1 is 1.47 bits per heavy atom. The number of nitro benzene ring substituents is 1. The number of nitro groups is 1. The second-order valence-corrected chi connectivity index (χ2v) is 4.33. The third kappa shape index (κ3) is 2.70. The summed E-state index contributed by atoms with van der Waals surface area (Å²) in [5.41, 5.74) is 0.871. The molecule has 0 atom stereocenters. The van der Waals surface area contributed by atoms with E-state index in [1.54, 1.807) is 6.92 Å². The van der Waals surface area contributed by atoms with Crippen LogP contribution < -0.4 is 5.32 Å². The lowest BCUT2D eigenvalue weighted by molar-refractivity contribution is -0.384. The fourth-order valence-corrected chi connectivity index (χ4v) is 1.98. The second kappa shape index (κ2) is 5.05. The maximum Gasteiger partial charge on any atom is 0.269 e. The monoisotopic (exact) mass is 263 g/mol. The van der Waals surface area contributed by atoms with Crippen LogP contribution >= 0.6 is 0 Å². The number of aryl methyl sites for hydroxylation is 1. The highest BCUT2D eigenvalue weighted by atomic mass is 16.6. The molecule has 0 saturated carbocycles. The lowest BCUT2D eigenvalue weighted by Crippen LogP contribution is -2.50. The molecule has 1 N–H and O–H groups in total. The summed E-state index contributed by atoms with van der Waals surface area (Å²) in [6.07, 6.45) is 0. The number of carbonyl (C=O) groups excluding carboxylic acids is 2. The quantitative estimate of drug-likeness (QED) is 0.620. The first-order chi connectivity index (χ1) is 8.99. The number of carbonyl (C=O) groups is 2. The molecule has 1 heterocycles. The SMILES string of the molecule is Cc1cc([N+](=O)[O-])ccc1C(=O)N1CCNC(=O)C1. The van der Waals surface area contributed by atoms with E-state index in [-0.39, 0.29) is 24.0 Å². The number of amides is 2. The summed E-state index contributed by atoms with van der Waals surface area (Å²) >= 11 is 0. The molecule has 1 fully saturated rings. The molecule has 0 unspecified atom stereocenters. The Bertz CT molecular complexity index is 556. The van der Waals surface area contributed by atoms with Gasteiger partial charge in [0.1, 0.15) is 0 Å². The standard InChI is InChI=1S/C12H13N3O4/c1-8-6-9(15(18)19)2-3-10(8)12(17)14-5-4-13-11(16)7-14/h2-3,6H,4-5,7H2,1H3,(H,13,16). The van der Waals surface area contributed by atoms with Gasteiger partial charge in [-0.15, -0.1) is 0 Å². The van der Waals surface area contributed by atoms with Crippen molar-refractivity contribution in [1.29, 1.82) is 0 Å². The van der Waals surface area contributed by atoms with Crippen LogP contribution in [0.15, 0.2) is 18.2 Å². The minimum Gasteiger partial charge on any atom is -0.353 e. The zero-order chi connectivity index (χ0) is 14.0. The van der Waals surface area contributed by atoms with Crippen LogP contribution in [0.25, 0.3) is 0 Å². The number of nitrogens with zero attached hydrogens (tertiary/aromatic N) is 2. The van der Waals surface area contributed by atoms with Crippen LogP contribution in [0.2, 0.25) is 0 Å². The molecule has 1 saturated heterocycles. The van der Waals surface area contributed by atoms with Crippen molar-refractivity contribution in [2.75, 3.05) is 19.6 Å². The Kier molecular flexibility index (Phi) is 3.46. The van der Waals surface area contributed by atoms with Gasteiger partial charge in [0.15, 0.2) is 0 Å². The molecule has 0 spiro atoms. The Balaban J connectivity index is 2.24. The molecule has 100 valence electrons. The largest absolute Gasteiger partial charge is 0.353 e. The summed E-state index contributed by atoms with van der Waals surface area (Å²) in [7, 11) is 0. The number of hydrogen-bond acceptors (Lipinski definition) is 4. The topological polar surface area (TPSA) is 92.6 Å². The summed E-state index contributed by atoms with van der Waals surface area (Å²) in [6.45, 7) is 2.54. The van der Waals surface area contributed by atoms with Gasteiger partial charge >= 0.3 is 0 Å². The second-order valence-electron chi connectivity index (χ2n) is 4.33. The van der Waals surface area contributed by atoms with Crippen molar-refractivity contribution >= 4 is 17.5 Å². The van der Waals surface area contributed by atoms with Crippen molar-refractivity contribution < 1.29 is 14.5 Å². The lowest BCUT2D eigenvalue weighted by Gasteiger charge is -2.27. The summed E-state index contributed by atoms with van der Waals surface area (Å²) in [5, 5.41) is 13.3. The third-order valence-electron chi connectivity index (χ3n) is 2.98.